The van der Waals surface area contributed by atoms with Gasteiger partial charge >= 0.3 is 5.97 Å². The summed E-state index contributed by atoms with van der Waals surface area (Å²) in [6.07, 6.45) is 0. The lowest BCUT2D eigenvalue weighted by Gasteiger charge is -2.09. The molecule has 0 saturated carbocycles. The lowest BCUT2D eigenvalue weighted by molar-refractivity contribution is -0.149. The topological polar surface area (TPSA) is 64.6 Å². The molecule has 0 aliphatic carbocycles. The molecular formula is C19H21NO4. The van der Waals surface area contributed by atoms with Gasteiger partial charge in [0.05, 0.1) is 0 Å². The highest BCUT2D eigenvalue weighted by molar-refractivity contribution is 5.92. The summed E-state index contributed by atoms with van der Waals surface area (Å²) < 4.78 is 10.3. The number of anilines is 1. The largest absolute Gasteiger partial charge is 0.482 e. The molecule has 0 saturated heterocycles. The number of hydrogen-bond acceptors (Lipinski definition) is 4. The van der Waals surface area contributed by atoms with Gasteiger partial charge in [-0.05, 0) is 61.7 Å². The van der Waals surface area contributed by atoms with E-state index in [-0.39, 0.29) is 19.1 Å². The highest BCUT2D eigenvalue weighted by Crippen LogP contribution is 2.16. The number of ether oxygens (including phenoxy) is 2. The summed E-state index contributed by atoms with van der Waals surface area (Å²) in [5.41, 5.74) is 3.81. The quantitative estimate of drug-likeness (QED) is 0.828. The Morgan fingerprint density at radius 1 is 0.917 bits per heavy atom. The Morgan fingerprint density at radius 3 is 2.29 bits per heavy atom. The first kappa shape index (κ1) is 17.5. The van der Waals surface area contributed by atoms with Crippen LogP contribution in [0.4, 0.5) is 5.69 Å². The Labute approximate surface area is 141 Å². The van der Waals surface area contributed by atoms with Crippen LogP contribution < -0.4 is 10.1 Å². The zero-order valence-electron chi connectivity index (χ0n) is 14.1. The zero-order chi connectivity index (χ0) is 17.5. The molecule has 126 valence electrons. The van der Waals surface area contributed by atoms with Crippen LogP contribution in [0.15, 0.2) is 42.5 Å². The zero-order valence-corrected chi connectivity index (χ0v) is 14.1. The lowest BCUT2D eigenvalue weighted by atomic mass is 10.1. The van der Waals surface area contributed by atoms with Gasteiger partial charge in [-0.3, -0.25) is 4.79 Å². The molecule has 5 heteroatoms. The Morgan fingerprint density at radius 2 is 1.62 bits per heavy atom. The highest BCUT2D eigenvalue weighted by Gasteiger charge is 2.09. The fourth-order valence-electron chi connectivity index (χ4n) is 2.27. The van der Waals surface area contributed by atoms with Gasteiger partial charge in [0.25, 0.3) is 5.91 Å². The molecule has 0 aromatic heterocycles. The van der Waals surface area contributed by atoms with Crippen molar-refractivity contribution in [1.82, 2.24) is 0 Å². The minimum Gasteiger partial charge on any atom is -0.482 e. The first-order valence-electron chi connectivity index (χ1n) is 7.65. The van der Waals surface area contributed by atoms with E-state index in [4.69, 9.17) is 9.47 Å². The number of esters is 1. The van der Waals surface area contributed by atoms with Crippen molar-refractivity contribution < 1.29 is 19.1 Å². The van der Waals surface area contributed by atoms with Crippen molar-refractivity contribution in [3.8, 4) is 5.75 Å². The third-order valence-electron chi connectivity index (χ3n) is 3.22. The third kappa shape index (κ3) is 5.76. The van der Waals surface area contributed by atoms with Crippen molar-refractivity contribution in [2.75, 3.05) is 18.5 Å². The molecule has 0 bridgehead atoms. The smallest absolute Gasteiger partial charge is 0.344 e. The molecule has 24 heavy (non-hydrogen) atoms. The van der Waals surface area contributed by atoms with Gasteiger partial charge in [-0.15, -0.1) is 0 Å². The molecule has 1 amide bonds. The lowest BCUT2D eigenvalue weighted by Crippen LogP contribution is -2.23. The molecule has 0 atom stereocenters. The molecule has 5 nitrogen and oxygen atoms in total. The summed E-state index contributed by atoms with van der Waals surface area (Å²) in [7, 11) is 0. The Hall–Kier alpha value is -2.82. The summed E-state index contributed by atoms with van der Waals surface area (Å²) in [5, 5.41) is 2.67. The summed E-state index contributed by atoms with van der Waals surface area (Å²) in [6.45, 7) is 5.26. The second kappa shape index (κ2) is 8.15. The van der Waals surface area contributed by atoms with Crippen molar-refractivity contribution >= 4 is 17.6 Å². The van der Waals surface area contributed by atoms with Crippen molar-refractivity contribution in [2.45, 2.75) is 20.8 Å². The summed E-state index contributed by atoms with van der Waals surface area (Å²) in [5.74, 6) is -0.373. The van der Waals surface area contributed by atoms with E-state index in [0.29, 0.717) is 11.4 Å². The molecular weight excluding hydrogens is 306 g/mol. The number of aryl methyl sites for hydroxylation is 3. The first-order valence-corrected chi connectivity index (χ1v) is 7.65. The Kier molecular flexibility index (Phi) is 5.95. The van der Waals surface area contributed by atoms with Crippen molar-refractivity contribution in [3.63, 3.8) is 0 Å². The molecule has 0 aliphatic heterocycles. The fraction of sp³-hybridized carbons (Fsp3) is 0.263. The SMILES string of the molecule is Cc1cccc(NC(=O)COC(=O)COc2cc(C)cc(C)c2)c1. The minimum atomic E-state index is -0.589. The second-order valence-electron chi connectivity index (χ2n) is 5.69. The van der Waals surface area contributed by atoms with E-state index >= 15 is 0 Å². The van der Waals surface area contributed by atoms with Crippen LogP contribution in [-0.4, -0.2) is 25.1 Å². The van der Waals surface area contributed by atoms with Crippen LogP contribution in [0.3, 0.4) is 0 Å². The van der Waals surface area contributed by atoms with E-state index in [1.165, 1.54) is 0 Å². The number of nitrogens with one attached hydrogen (secondary N) is 1. The first-order chi connectivity index (χ1) is 11.4. The van der Waals surface area contributed by atoms with E-state index < -0.39 is 5.97 Å². The molecule has 0 aliphatic rings. The van der Waals surface area contributed by atoms with Crippen molar-refractivity contribution in [2.24, 2.45) is 0 Å². The maximum Gasteiger partial charge on any atom is 0.344 e. The Balaban J connectivity index is 1.75. The van der Waals surface area contributed by atoms with Crippen LogP contribution in [-0.2, 0) is 14.3 Å². The van der Waals surface area contributed by atoms with Crippen molar-refractivity contribution in [1.29, 1.82) is 0 Å². The Bertz CT molecular complexity index is 720. The number of benzene rings is 2. The molecule has 0 heterocycles. The summed E-state index contributed by atoms with van der Waals surface area (Å²) >= 11 is 0. The standard InChI is InChI=1S/C19H21NO4/c1-13-5-4-6-16(8-13)20-18(21)11-24-19(22)12-23-17-9-14(2)7-15(3)10-17/h4-10H,11-12H2,1-3H3,(H,20,21). The van der Waals surface area contributed by atoms with Gasteiger partial charge in [0, 0.05) is 5.69 Å². The predicted molar refractivity (Wildman–Crippen MR) is 92.2 cm³/mol. The van der Waals surface area contributed by atoms with E-state index in [0.717, 1.165) is 16.7 Å². The van der Waals surface area contributed by atoms with Gasteiger partial charge < -0.3 is 14.8 Å². The number of hydrogen-bond donors (Lipinski definition) is 1. The van der Waals surface area contributed by atoms with Gasteiger partial charge in [-0.25, -0.2) is 4.79 Å². The number of amides is 1. The molecule has 0 radical (unpaired) electrons. The van der Waals surface area contributed by atoms with E-state index in [2.05, 4.69) is 5.32 Å². The predicted octanol–water partition coefficient (Wildman–Crippen LogP) is 3.17. The molecule has 2 aromatic carbocycles. The average molecular weight is 327 g/mol. The van der Waals surface area contributed by atoms with Crippen LogP contribution >= 0.6 is 0 Å². The van der Waals surface area contributed by atoms with Crippen LogP contribution in [0.2, 0.25) is 0 Å². The molecule has 2 rings (SSSR count). The van der Waals surface area contributed by atoms with Gasteiger partial charge in [0.15, 0.2) is 13.2 Å². The molecule has 1 N–H and O–H groups in total. The van der Waals surface area contributed by atoms with Crippen LogP contribution in [0, 0.1) is 20.8 Å². The van der Waals surface area contributed by atoms with Gasteiger partial charge in [0.2, 0.25) is 0 Å². The minimum absolute atomic E-state index is 0.235. The summed E-state index contributed by atoms with van der Waals surface area (Å²) in [4.78, 5) is 23.4. The fourth-order valence-corrected chi connectivity index (χ4v) is 2.27. The normalized spacial score (nSPS) is 10.1. The number of rotatable bonds is 6. The highest BCUT2D eigenvalue weighted by atomic mass is 16.6. The third-order valence-corrected chi connectivity index (χ3v) is 3.22. The monoisotopic (exact) mass is 327 g/mol. The van der Waals surface area contributed by atoms with E-state index in [9.17, 15) is 9.59 Å². The molecule has 2 aromatic rings. The number of carbonyl (C=O) groups excluding carboxylic acids is 2. The van der Waals surface area contributed by atoms with Crippen LogP contribution in [0.1, 0.15) is 16.7 Å². The molecule has 0 spiro atoms. The van der Waals surface area contributed by atoms with E-state index in [1.807, 2.05) is 57.2 Å². The van der Waals surface area contributed by atoms with Gasteiger partial charge in [-0.1, -0.05) is 18.2 Å². The maximum atomic E-state index is 11.8. The average Bonchev–Trinajstić information content (AvgIpc) is 2.50. The summed E-state index contributed by atoms with van der Waals surface area (Å²) in [6, 6.07) is 13.1. The van der Waals surface area contributed by atoms with Crippen molar-refractivity contribution in [3.05, 3.63) is 59.2 Å². The van der Waals surface area contributed by atoms with Gasteiger partial charge in [0.1, 0.15) is 5.75 Å². The van der Waals surface area contributed by atoms with Gasteiger partial charge in [-0.2, -0.15) is 0 Å². The molecule has 0 fully saturated rings. The second-order valence-corrected chi connectivity index (χ2v) is 5.69. The number of carbonyl (C=O) groups is 2. The molecule has 0 unspecified atom stereocenters. The van der Waals surface area contributed by atoms with Crippen LogP contribution in [0.5, 0.6) is 5.75 Å². The maximum absolute atomic E-state index is 11.8. The van der Waals surface area contributed by atoms with E-state index in [1.54, 1.807) is 6.07 Å². The van der Waals surface area contributed by atoms with Crippen LogP contribution in [0.25, 0.3) is 0 Å².